The molecule has 0 saturated carbocycles. The van der Waals surface area contributed by atoms with Gasteiger partial charge in [-0.15, -0.1) is 13.2 Å². The normalized spacial score (nSPS) is 12.0. The summed E-state index contributed by atoms with van der Waals surface area (Å²) < 4.78 is 79.1. The molecule has 0 amide bonds. The van der Waals surface area contributed by atoms with Crippen LogP contribution < -0.4 is 10.1 Å². The summed E-state index contributed by atoms with van der Waals surface area (Å²) in [5.41, 5.74) is -1.35. The van der Waals surface area contributed by atoms with E-state index < -0.39 is 24.1 Å². The van der Waals surface area contributed by atoms with Gasteiger partial charge < -0.3 is 10.1 Å². The predicted molar refractivity (Wildman–Crippen MR) is 87.3 cm³/mol. The van der Waals surface area contributed by atoms with Crippen LogP contribution in [0.4, 0.5) is 38.0 Å². The van der Waals surface area contributed by atoms with E-state index in [0.29, 0.717) is 0 Å². The average molecular weight is 437 g/mol. The van der Waals surface area contributed by atoms with Crippen LogP contribution in [-0.2, 0) is 6.18 Å². The van der Waals surface area contributed by atoms with Gasteiger partial charge in [0.05, 0.1) is 0 Å². The maximum atomic E-state index is 12.8. The molecule has 14 heteroatoms. The number of aromatic nitrogens is 5. The smallest absolute Gasteiger partial charge is 0.388 e. The molecule has 0 aromatic carbocycles. The number of ether oxygens (including phenoxy) is 1. The SMILES string of the molecule is FC(F)(F)Oc1cc(Nc2nc(Cl)nc(-c3cccc(C(F)(F)F)n3)n2)ccn1. The lowest BCUT2D eigenvalue weighted by molar-refractivity contribution is -0.276. The first-order chi connectivity index (χ1) is 13.5. The number of nitrogens with one attached hydrogen (secondary N) is 1. The third-order valence-corrected chi connectivity index (χ3v) is 3.26. The van der Waals surface area contributed by atoms with Gasteiger partial charge in [0.15, 0.2) is 5.82 Å². The van der Waals surface area contributed by atoms with Gasteiger partial charge in [-0.2, -0.15) is 28.1 Å². The van der Waals surface area contributed by atoms with Gasteiger partial charge in [0.1, 0.15) is 11.4 Å². The molecule has 3 aromatic heterocycles. The average Bonchev–Trinajstić information content (AvgIpc) is 2.59. The molecule has 3 heterocycles. The highest BCUT2D eigenvalue weighted by molar-refractivity contribution is 6.28. The van der Waals surface area contributed by atoms with Crippen LogP contribution in [0, 0.1) is 0 Å². The van der Waals surface area contributed by atoms with E-state index in [1.807, 2.05) is 0 Å². The first-order valence-corrected chi connectivity index (χ1v) is 7.82. The minimum Gasteiger partial charge on any atom is -0.388 e. The van der Waals surface area contributed by atoms with Gasteiger partial charge in [-0.25, -0.2) is 9.97 Å². The fourth-order valence-electron chi connectivity index (χ4n) is 2.03. The Kier molecular flexibility index (Phi) is 5.42. The number of alkyl halides is 6. The van der Waals surface area contributed by atoms with Gasteiger partial charge in [0.2, 0.25) is 17.1 Å². The first kappa shape index (κ1) is 20.5. The molecule has 29 heavy (non-hydrogen) atoms. The molecule has 1 N–H and O–H groups in total. The van der Waals surface area contributed by atoms with Gasteiger partial charge >= 0.3 is 12.5 Å². The minimum absolute atomic E-state index is 0.0458. The topological polar surface area (TPSA) is 85.7 Å². The van der Waals surface area contributed by atoms with Gasteiger partial charge in [-0.05, 0) is 29.8 Å². The number of anilines is 2. The fourth-order valence-corrected chi connectivity index (χ4v) is 2.19. The Morgan fingerprint density at radius 3 is 2.38 bits per heavy atom. The van der Waals surface area contributed by atoms with E-state index in [4.69, 9.17) is 11.6 Å². The summed E-state index contributed by atoms with van der Waals surface area (Å²) in [6, 6.07) is 5.30. The van der Waals surface area contributed by atoms with Crippen LogP contribution in [0.3, 0.4) is 0 Å². The number of halogens is 7. The number of hydrogen-bond donors (Lipinski definition) is 1. The lowest BCUT2D eigenvalue weighted by Crippen LogP contribution is -2.17. The van der Waals surface area contributed by atoms with Crippen molar-refractivity contribution >= 4 is 23.2 Å². The van der Waals surface area contributed by atoms with E-state index in [0.717, 1.165) is 24.4 Å². The second-order valence-electron chi connectivity index (χ2n) is 5.21. The maximum absolute atomic E-state index is 12.8. The molecule has 0 saturated heterocycles. The highest BCUT2D eigenvalue weighted by atomic mass is 35.5. The Bertz CT molecular complexity index is 1030. The summed E-state index contributed by atoms with van der Waals surface area (Å²) in [5.74, 6) is -1.27. The quantitative estimate of drug-likeness (QED) is 0.596. The van der Waals surface area contributed by atoms with E-state index in [-0.39, 0.29) is 28.4 Å². The fraction of sp³-hybridized carbons (Fsp3) is 0.133. The van der Waals surface area contributed by atoms with Gasteiger partial charge in [0, 0.05) is 18.0 Å². The molecular formula is C15H7ClF6N6O. The highest BCUT2D eigenvalue weighted by Crippen LogP contribution is 2.29. The molecule has 0 aliphatic carbocycles. The summed E-state index contributed by atoms with van der Waals surface area (Å²) in [4.78, 5) is 18.2. The highest BCUT2D eigenvalue weighted by Gasteiger charge is 2.33. The van der Waals surface area contributed by atoms with Crippen LogP contribution in [0.1, 0.15) is 5.69 Å². The Labute approximate surface area is 162 Å². The Morgan fingerprint density at radius 1 is 0.931 bits per heavy atom. The van der Waals surface area contributed by atoms with E-state index in [1.54, 1.807) is 0 Å². The van der Waals surface area contributed by atoms with Gasteiger partial charge in [0.25, 0.3) is 0 Å². The van der Waals surface area contributed by atoms with Crippen LogP contribution in [0.15, 0.2) is 36.5 Å². The van der Waals surface area contributed by atoms with E-state index in [1.165, 1.54) is 12.1 Å². The summed E-state index contributed by atoms with van der Waals surface area (Å²) >= 11 is 5.78. The van der Waals surface area contributed by atoms with Crippen LogP contribution in [0.25, 0.3) is 11.5 Å². The van der Waals surface area contributed by atoms with Gasteiger partial charge in [-0.3, -0.25) is 0 Å². The minimum atomic E-state index is -4.94. The molecule has 0 atom stereocenters. The van der Waals surface area contributed by atoms with Crippen molar-refractivity contribution in [3.8, 4) is 17.4 Å². The van der Waals surface area contributed by atoms with Crippen molar-refractivity contribution in [3.05, 3.63) is 47.5 Å². The van der Waals surface area contributed by atoms with Crippen molar-refractivity contribution in [1.29, 1.82) is 0 Å². The molecular weight excluding hydrogens is 430 g/mol. The molecule has 0 radical (unpaired) electrons. The number of nitrogens with zero attached hydrogens (tertiary/aromatic N) is 5. The lowest BCUT2D eigenvalue weighted by atomic mass is 10.3. The maximum Gasteiger partial charge on any atom is 0.574 e. The Morgan fingerprint density at radius 2 is 1.69 bits per heavy atom. The van der Waals surface area contributed by atoms with Crippen molar-refractivity contribution in [1.82, 2.24) is 24.9 Å². The zero-order valence-electron chi connectivity index (χ0n) is 13.8. The van der Waals surface area contributed by atoms with Crippen LogP contribution in [0.2, 0.25) is 5.28 Å². The van der Waals surface area contributed by atoms with Crippen molar-refractivity contribution in [2.24, 2.45) is 0 Å². The van der Waals surface area contributed by atoms with Gasteiger partial charge in [-0.1, -0.05) is 6.07 Å². The monoisotopic (exact) mass is 436 g/mol. The van der Waals surface area contributed by atoms with E-state index in [2.05, 4.69) is 35.0 Å². The van der Waals surface area contributed by atoms with Crippen molar-refractivity contribution in [2.75, 3.05) is 5.32 Å². The molecule has 0 fully saturated rings. The van der Waals surface area contributed by atoms with Crippen LogP contribution in [0.5, 0.6) is 5.88 Å². The number of hydrogen-bond acceptors (Lipinski definition) is 7. The molecule has 7 nitrogen and oxygen atoms in total. The molecule has 0 aliphatic rings. The molecule has 0 spiro atoms. The third kappa shape index (κ3) is 5.63. The molecule has 3 rings (SSSR count). The lowest BCUT2D eigenvalue weighted by Gasteiger charge is -2.10. The standard InChI is InChI=1S/C15H7ClF6N6O/c16-12-26-11(8-2-1-3-9(25-8)14(17,18)19)27-13(28-12)24-7-4-5-23-10(6-7)29-15(20,21)22/h1-6H,(H,23,24,26,27,28). The zero-order valence-corrected chi connectivity index (χ0v) is 14.5. The first-order valence-electron chi connectivity index (χ1n) is 7.45. The van der Waals surface area contributed by atoms with Crippen molar-refractivity contribution < 1.29 is 31.1 Å². The van der Waals surface area contributed by atoms with Crippen LogP contribution in [-0.4, -0.2) is 31.3 Å². The predicted octanol–water partition coefficient (Wildman–Crippen LogP) is 4.64. The van der Waals surface area contributed by atoms with E-state index in [9.17, 15) is 26.3 Å². The second-order valence-corrected chi connectivity index (χ2v) is 5.55. The molecule has 3 aromatic rings. The summed E-state index contributed by atoms with van der Waals surface area (Å²) in [5, 5.41) is 2.16. The van der Waals surface area contributed by atoms with Crippen molar-refractivity contribution in [2.45, 2.75) is 12.5 Å². The summed E-state index contributed by atoms with van der Waals surface area (Å²) in [6.07, 6.45) is -8.59. The molecule has 0 bridgehead atoms. The molecule has 0 unspecified atom stereocenters. The molecule has 0 aliphatic heterocycles. The van der Waals surface area contributed by atoms with Crippen LogP contribution >= 0.6 is 11.6 Å². The third-order valence-electron chi connectivity index (χ3n) is 3.09. The largest absolute Gasteiger partial charge is 0.574 e. The summed E-state index contributed by atoms with van der Waals surface area (Å²) in [7, 11) is 0. The van der Waals surface area contributed by atoms with Crippen molar-refractivity contribution in [3.63, 3.8) is 0 Å². The van der Waals surface area contributed by atoms with E-state index >= 15 is 0 Å². The number of pyridine rings is 2. The zero-order chi connectivity index (χ0) is 21.2. The Hall–Kier alpha value is -3.22. The second kappa shape index (κ2) is 7.66. The summed E-state index contributed by atoms with van der Waals surface area (Å²) in [6.45, 7) is 0. The Balaban J connectivity index is 1.90. The molecule has 152 valence electrons. The number of rotatable bonds is 4.